The maximum absolute atomic E-state index is 7.06. The Balaban J connectivity index is 1.01. The molecule has 1 aromatic carbocycles. The zero-order chi connectivity index (χ0) is 39.2. The predicted octanol–water partition coefficient (Wildman–Crippen LogP) is 13.9. The number of benzene rings is 1. The van der Waals surface area contributed by atoms with Crippen molar-refractivity contribution in [2.24, 2.45) is 46.3 Å². The summed E-state index contributed by atoms with van der Waals surface area (Å²) in [7, 11) is -1.82. The molecule has 4 nitrogen and oxygen atoms in total. The van der Waals surface area contributed by atoms with Crippen LogP contribution in [0.3, 0.4) is 0 Å². The van der Waals surface area contributed by atoms with E-state index in [1.807, 2.05) is 18.2 Å². The first-order chi connectivity index (χ1) is 25.3. The van der Waals surface area contributed by atoms with E-state index in [4.69, 9.17) is 18.5 Å². The van der Waals surface area contributed by atoms with Gasteiger partial charge < -0.3 is 18.5 Å². The maximum atomic E-state index is 7.06. The third kappa shape index (κ3) is 8.78. The molecule has 1 aromatic rings. The summed E-state index contributed by atoms with van der Waals surface area (Å²) in [6, 6.07) is 10.2. The molecule has 54 heavy (non-hydrogen) atoms. The Morgan fingerprint density at radius 1 is 0.759 bits per heavy atom. The van der Waals surface area contributed by atoms with Crippen molar-refractivity contribution in [2.45, 2.75) is 213 Å². The largest absolute Gasteiger partial charge is 0.494 e. The second-order valence-electron chi connectivity index (χ2n) is 22.5. The molecule has 306 valence electrons. The van der Waals surface area contributed by atoms with Gasteiger partial charge in [-0.1, -0.05) is 98.3 Å². The van der Waals surface area contributed by atoms with E-state index in [-0.39, 0.29) is 18.3 Å². The van der Waals surface area contributed by atoms with Crippen LogP contribution in [0.4, 0.5) is 0 Å². The molecule has 1 aliphatic heterocycles. The summed E-state index contributed by atoms with van der Waals surface area (Å²) >= 11 is 0. The minimum Gasteiger partial charge on any atom is -0.494 e. The van der Waals surface area contributed by atoms with Crippen molar-refractivity contribution in [3.63, 3.8) is 0 Å². The molecule has 0 bridgehead atoms. The van der Waals surface area contributed by atoms with E-state index >= 15 is 0 Å². The van der Waals surface area contributed by atoms with Crippen LogP contribution in [0.5, 0.6) is 5.75 Å². The monoisotopic (exact) mass is 763 g/mol. The molecule has 1 saturated heterocycles. The first-order valence-electron chi connectivity index (χ1n) is 23.0. The Kier molecular flexibility index (Phi) is 13.0. The molecule has 10 atom stereocenters. The third-order valence-corrected chi connectivity index (χ3v) is 22.3. The number of fused-ring (bicyclic) bond motifs is 5. The molecule has 0 N–H and O–H groups in total. The van der Waals surface area contributed by atoms with E-state index in [0.717, 1.165) is 54.3 Å². The molecule has 5 fully saturated rings. The predicted molar refractivity (Wildman–Crippen MR) is 231 cm³/mol. The molecule has 0 radical (unpaired) electrons. The third-order valence-electron chi connectivity index (χ3n) is 17.8. The minimum atomic E-state index is -1.73. The van der Waals surface area contributed by atoms with Crippen molar-refractivity contribution < 1.29 is 18.5 Å². The fraction of sp³-hybridized carbons (Fsp3) is 0.875. The topological polar surface area (TPSA) is 36.9 Å². The van der Waals surface area contributed by atoms with E-state index in [2.05, 4.69) is 94.5 Å². The highest BCUT2D eigenvalue weighted by Gasteiger charge is 2.61. The summed E-state index contributed by atoms with van der Waals surface area (Å²) in [6.07, 6.45) is 21.8. The number of unbranched alkanes of at least 4 members (excludes halogenated alkanes) is 2. The average molecular weight is 763 g/mol. The Bertz CT molecular complexity index is 1340. The van der Waals surface area contributed by atoms with Crippen LogP contribution in [0.15, 0.2) is 30.3 Å². The summed E-state index contributed by atoms with van der Waals surface area (Å²) in [6.45, 7) is 29.9. The van der Waals surface area contributed by atoms with Crippen LogP contribution < -0.4 is 4.74 Å². The van der Waals surface area contributed by atoms with Gasteiger partial charge in [-0.3, -0.25) is 0 Å². The number of rotatable bonds is 15. The molecule has 0 spiro atoms. The van der Waals surface area contributed by atoms with Gasteiger partial charge in [0, 0.05) is 6.10 Å². The van der Waals surface area contributed by atoms with Gasteiger partial charge in [-0.25, -0.2) is 0 Å². The van der Waals surface area contributed by atoms with Gasteiger partial charge in [0.25, 0.3) is 0 Å². The molecule has 6 heteroatoms. The lowest BCUT2D eigenvalue weighted by atomic mass is 9.44. The molecule has 1 heterocycles. The molecule has 0 unspecified atom stereocenters. The Hall–Kier alpha value is -0.818. The van der Waals surface area contributed by atoms with Crippen LogP contribution in [0.2, 0.25) is 23.9 Å². The molecule has 5 aliphatic rings. The SMILES string of the molecule is C[C@H](CCC[C@H](CCCCCOc1ccccc1)B1OC(C)(C)C(C)(C)O1)[C@H]1CC[C@H]2[C@@H]3CC[C@@H]4C[C@H](O[Si](C)(C)C(C)(C)C)CC[C@]4(C)[C@H]3CC[C@]12C. The summed E-state index contributed by atoms with van der Waals surface area (Å²) in [5.41, 5.74) is 0.512. The zero-order valence-electron chi connectivity index (χ0n) is 37.2. The van der Waals surface area contributed by atoms with Gasteiger partial charge in [0.2, 0.25) is 0 Å². The van der Waals surface area contributed by atoms with Crippen molar-refractivity contribution in [1.82, 2.24) is 0 Å². The van der Waals surface area contributed by atoms with E-state index in [1.165, 1.54) is 96.3 Å². The van der Waals surface area contributed by atoms with Crippen LogP contribution in [0, 0.1) is 46.3 Å². The number of ether oxygens (including phenoxy) is 1. The van der Waals surface area contributed by atoms with Gasteiger partial charge in [-0.05, 0) is 174 Å². The van der Waals surface area contributed by atoms with Gasteiger partial charge in [-0.2, -0.15) is 0 Å². The first kappa shape index (κ1) is 42.8. The Morgan fingerprint density at radius 2 is 1.41 bits per heavy atom. The van der Waals surface area contributed by atoms with Gasteiger partial charge >= 0.3 is 7.12 Å². The second-order valence-corrected chi connectivity index (χ2v) is 27.2. The standard InChI is InChI=1S/C48H83BO4Si/c1-35(20-19-22-37(49-52-45(5,6)46(7,8)53-49)21-15-14-18-33-50-38-23-16-13-17-24-38)41-27-28-42-40-26-25-36-34-39(51-54(11,12)44(2,3)4)29-31-47(36,9)43(40)30-32-48(41,42)10/h13,16-17,23-24,35-37,39-43H,14-15,18-22,25-34H2,1-12H3/t35-,36-,37+,39-,40+,41-,42+,43+,47+,48-/m1/s1. The normalized spacial score (nSPS) is 35.9. The van der Waals surface area contributed by atoms with Crippen molar-refractivity contribution in [2.75, 3.05) is 6.61 Å². The Labute approximate surface area is 335 Å². The van der Waals surface area contributed by atoms with Crippen molar-refractivity contribution in [3.8, 4) is 5.75 Å². The molecular weight excluding hydrogens is 679 g/mol. The summed E-state index contributed by atoms with van der Waals surface area (Å²) in [4.78, 5) is 0. The summed E-state index contributed by atoms with van der Waals surface area (Å²) in [5, 5.41) is 0.295. The van der Waals surface area contributed by atoms with Crippen molar-refractivity contribution >= 4 is 15.4 Å². The van der Waals surface area contributed by atoms with Crippen LogP contribution in [0.1, 0.15) is 172 Å². The average Bonchev–Trinajstić information content (AvgIpc) is 3.56. The fourth-order valence-corrected chi connectivity index (χ4v) is 14.1. The van der Waals surface area contributed by atoms with Gasteiger partial charge in [0.1, 0.15) is 5.75 Å². The van der Waals surface area contributed by atoms with Crippen molar-refractivity contribution in [1.29, 1.82) is 0 Å². The van der Waals surface area contributed by atoms with E-state index in [9.17, 15) is 0 Å². The first-order valence-corrected chi connectivity index (χ1v) is 25.9. The molecular formula is C48H83BO4Si. The lowest BCUT2D eigenvalue weighted by Crippen LogP contribution is -2.55. The molecule has 0 aromatic heterocycles. The summed E-state index contributed by atoms with van der Waals surface area (Å²) in [5.74, 6) is 6.78. The lowest BCUT2D eigenvalue weighted by molar-refractivity contribution is -0.127. The highest BCUT2D eigenvalue weighted by molar-refractivity contribution is 6.74. The highest BCUT2D eigenvalue weighted by atomic mass is 28.4. The van der Waals surface area contributed by atoms with Gasteiger partial charge in [0.15, 0.2) is 8.32 Å². The maximum Gasteiger partial charge on any atom is 0.461 e. The number of hydrogen-bond acceptors (Lipinski definition) is 4. The highest BCUT2D eigenvalue weighted by Crippen LogP contribution is 2.68. The fourth-order valence-electron chi connectivity index (χ4n) is 12.7. The number of para-hydroxylation sites is 1. The molecule has 4 saturated carbocycles. The molecule has 6 rings (SSSR count). The second kappa shape index (κ2) is 16.4. The van der Waals surface area contributed by atoms with E-state index in [0.29, 0.717) is 27.8 Å². The van der Waals surface area contributed by atoms with Crippen molar-refractivity contribution in [3.05, 3.63) is 30.3 Å². The molecule has 4 aliphatic carbocycles. The number of hydrogen-bond donors (Lipinski definition) is 0. The summed E-state index contributed by atoms with van der Waals surface area (Å²) < 4.78 is 26.4. The van der Waals surface area contributed by atoms with Crippen LogP contribution >= 0.6 is 0 Å². The minimum absolute atomic E-state index is 0.0975. The van der Waals surface area contributed by atoms with Crippen LogP contribution in [-0.4, -0.2) is 39.3 Å². The van der Waals surface area contributed by atoms with Gasteiger partial charge in [0.05, 0.1) is 17.8 Å². The van der Waals surface area contributed by atoms with E-state index < -0.39 is 8.32 Å². The van der Waals surface area contributed by atoms with Crippen LogP contribution in [-0.2, 0) is 13.7 Å². The van der Waals surface area contributed by atoms with E-state index in [1.54, 1.807) is 0 Å². The molecule has 0 amide bonds. The van der Waals surface area contributed by atoms with Crippen LogP contribution in [0.25, 0.3) is 0 Å². The zero-order valence-corrected chi connectivity index (χ0v) is 38.2. The lowest BCUT2D eigenvalue weighted by Gasteiger charge is -2.61. The Morgan fingerprint density at radius 3 is 2.09 bits per heavy atom. The quantitative estimate of drug-likeness (QED) is 0.132. The van der Waals surface area contributed by atoms with Gasteiger partial charge in [-0.15, -0.1) is 0 Å². The smallest absolute Gasteiger partial charge is 0.461 e.